The molecule has 2 aliphatic rings. The molecule has 1 aromatic carbocycles. The Balaban J connectivity index is 1.23. The van der Waals surface area contributed by atoms with Gasteiger partial charge in [-0.3, -0.25) is 4.79 Å². The van der Waals surface area contributed by atoms with Crippen LogP contribution in [0, 0.1) is 0 Å². The van der Waals surface area contributed by atoms with Crippen LogP contribution in [0.25, 0.3) is 0 Å². The first-order chi connectivity index (χ1) is 14.7. The van der Waals surface area contributed by atoms with Gasteiger partial charge in [0.05, 0.1) is 23.9 Å². The molecule has 30 heavy (non-hydrogen) atoms. The summed E-state index contributed by atoms with van der Waals surface area (Å²) in [5, 5.41) is 7.10. The second-order valence-corrected chi connectivity index (χ2v) is 7.69. The van der Waals surface area contributed by atoms with Gasteiger partial charge in [0.1, 0.15) is 18.2 Å². The van der Waals surface area contributed by atoms with Crippen molar-refractivity contribution in [2.24, 2.45) is 0 Å². The molecule has 0 unspecified atom stereocenters. The van der Waals surface area contributed by atoms with Gasteiger partial charge in [-0.15, -0.1) is 0 Å². The number of aromatic nitrogens is 2. The van der Waals surface area contributed by atoms with Crippen molar-refractivity contribution in [3.63, 3.8) is 0 Å². The maximum Gasteiger partial charge on any atom is 0.338 e. The van der Waals surface area contributed by atoms with E-state index in [1.807, 2.05) is 4.68 Å². The van der Waals surface area contributed by atoms with Gasteiger partial charge in [-0.05, 0) is 49.9 Å². The minimum Gasteiger partial charge on any atom is -0.491 e. The number of nitrogens with zero attached hydrogens (tertiary/aromatic N) is 2. The Labute approximate surface area is 175 Å². The molecule has 160 valence electrons. The summed E-state index contributed by atoms with van der Waals surface area (Å²) in [5.74, 6) is 0.357. The summed E-state index contributed by atoms with van der Waals surface area (Å²) in [6, 6.07) is 8.75. The largest absolute Gasteiger partial charge is 0.491 e. The van der Waals surface area contributed by atoms with Gasteiger partial charge >= 0.3 is 5.97 Å². The molecule has 1 saturated heterocycles. The number of amides is 1. The first kappa shape index (κ1) is 20.4. The Bertz CT molecular complexity index is 852. The van der Waals surface area contributed by atoms with Crippen molar-refractivity contribution in [1.29, 1.82) is 0 Å². The molecule has 1 aliphatic heterocycles. The van der Waals surface area contributed by atoms with E-state index < -0.39 is 5.97 Å². The molecule has 1 atom stereocenters. The molecule has 1 saturated carbocycles. The summed E-state index contributed by atoms with van der Waals surface area (Å²) >= 11 is 0. The molecule has 1 N–H and O–H groups in total. The summed E-state index contributed by atoms with van der Waals surface area (Å²) in [6.07, 6.45) is 8.35. The molecule has 8 nitrogen and oxygen atoms in total. The van der Waals surface area contributed by atoms with Gasteiger partial charge < -0.3 is 19.5 Å². The van der Waals surface area contributed by atoms with E-state index in [-0.39, 0.29) is 18.6 Å². The molecule has 1 aliphatic carbocycles. The number of carbonyl (C=O) groups is 2. The maximum absolute atomic E-state index is 12.2. The lowest BCUT2D eigenvalue weighted by Gasteiger charge is -2.14. The zero-order valence-electron chi connectivity index (χ0n) is 16.9. The molecule has 2 heterocycles. The number of anilines is 1. The van der Waals surface area contributed by atoms with E-state index in [9.17, 15) is 9.59 Å². The topological polar surface area (TPSA) is 91.7 Å². The van der Waals surface area contributed by atoms with Crippen molar-refractivity contribution in [3.05, 3.63) is 42.1 Å². The molecule has 1 amide bonds. The van der Waals surface area contributed by atoms with Crippen molar-refractivity contribution in [2.75, 3.05) is 25.1 Å². The zero-order chi connectivity index (χ0) is 20.8. The van der Waals surface area contributed by atoms with Crippen LogP contribution in [0.15, 0.2) is 36.5 Å². The lowest BCUT2D eigenvalue weighted by Crippen LogP contribution is -2.23. The molecule has 8 heteroatoms. The van der Waals surface area contributed by atoms with Crippen LogP contribution in [0.3, 0.4) is 0 Å². The molecular weight excluding hydrogens is 386 g/mol. The van der Waals surface area contributed by atoms with Crippen molar-refractivity contribution in [3.8, 4) is 5.75 Å². The molecule has 2 fully saturated rings. The lowest BCUT2D eigenvalue weighted by atomic mass is 10.2. The fourth-order valence-corrected chi connectivity index (χ4v) is 3.90. The van der Waals surface area contributed by atoms with E-state index in [2.05, 4.69) is 10.4 Å². The average molecular weight is 413 g/mol. The van der Waals surface area contributed by atoms with Crippen LogP contribution in [-0.4, -0.2) is 47.6 Å². The van der Waals surface area contributed by atoms with Gasteiger partial charge in [-0.2, -0.15) is 5.10 Å². The Morgan fingerprint density at radius 2 is 1.90 bits per heavy atom. The van der Waals surface area contributed by atoms with Gasteiger partial charge in [-0.1, -0.05) is 12.8 Å². The number of carbonyl (C=O) groups excluding carboxylic acids is 2. The smallest absolute Gasteiger partial charge is 0.338 e. The van der Waals surface area contributed by atoms with Crippen LogP contribution in [0.2, 0.25) is 0 Å². The highest BCUT2D eigenvalue weighted by Gasteiger charge is 2.21. The highest BCUT2D eigenvalue weighted by Crippen LogP contribution is 2.31. The minimum atomic E-state index is -0.555. The van der Waals surface area contributed by atoms with Crippen LogP contribution in [-0.2, 0) is 14.3 Å². The van der Waals surface area contributed by atoms with Crippen molar-refractivity contribution < 1.29 is 23.8 Å². The van der Waals surface area contributed by atoms with E-state index in [4.69, 9.17) is 14.2 Å². The third-order valence-electron chi connectivity index (χ3n) is 5.49. The fourth-order valence-electron chi connectivity index (χ4n) is 3.90. The van der Waals surface area contributed by atoms with Gasteiger partial charge in [0.2, 0.25) is 0 Å². The maximum atomic E-state index is 12.2. The normalized spacial score (nSPS) is 19.0. The average Bonchev–Trinajstić information content (AvgIpc) is 3.53. The third-order valence-corrected chi connectivity index (χ3v) is 5.49. The van der Waals surface area contributed by atoms with Crippen LogP contribution in [0.1, 0.15) is 54.9 Å². The number of hydrogen-bond acceptors (Lipinski definition) is 6. The number of nitrogens with one attached hydrogen (secondary N) is 1. The first-order valence-electron chi connectivity index (χ1n) is 10.5. The highest BCUT2D eigenvalue weighted by atomic mass is 16.5. The van der Waals surface area contributed by atoms with Gasteiger partial charge in [-0.25, -0.2) is 9.48 Å². The van der Waals surface area contributed by atoms with Gasteiger partial charge in [0.25, 0.3) is 5.91 Å². The van der Waals surface area contributed by atoms with Crippen LogP contribution in [0.5, 0.6) is 5.75 Å². The second-order valence-electron chi connectivity index (χ2n) is 7.69. The first-order valence-corrected chi connectivity index (χ1v) is 10.5. The van der Waals surface area contributed by atoms with Crippen LogP contribution in [0.4, 0.5) is 5.82 Å². The summed E-state index contributed by atoms with van der Waals surface area (Å²) in [6.45, 7) is 0.933. The van der Waals surface area contributed by atoms with E-state index in [1.54, 1.807) is 36.5 Å². The van der Waals surface area contributed by atoms with Crippen molar-refractivity contribution in [1.82, 2.24) is 9.78 Å². The number of esters is 1. The van der Waals surface area contributed by atoms with E-state index in [1.165, 1.54) is 12.8 Å². The Morgan fingerprint density at radius 3 is 2.63 bits per heavy atom. The van der Waals surface area contributed by atoms with Gasteiger partial charge in [0.15, 0.2) is 6.61 Å². The molecule has 1 aromatic heterocycles. The van der Waals surface area contributed by atoms with Gasteiger partial charge in [0, 0.05) is 12.7 Å². The zero-order valence-corrected chi connectivity index (χ0v) is 16.9. The van der Waals surface area contributed by atoms with Crippen molar-refractivity contribution >= 4 is 17.7 Å². The number of hydrogen-bond donors (Lipinski definition) is 1. The Morgan fingerprint density at radius 1 is 1.10 bits per heavy atom. The number of ether oxygens (including phenoxy) is 3. The van der Waals surface area contributed by atoms with Crippen LogP contribution < -0.4 is 10.1 Å². The molecule has 0 bridgehead atoms. The van der Waals surface area contributed by atoms with Crippen molar-refractivity contribution in [2.45, 2.75) is 50.7 Å². The molecule has 2 aromatic rings. The molecule has 4 rings (SSSR count). The van der Waals surface area contributed by atoms with Crippen LogP contribution >= 0.6 is 0 Å². The predicted molar refractivity (Wildman–Crippen MR) is 110 cm³/mol. The lowest BCUT2D eigenvalue weighted by molar-refractivity contribution is -0.119. The number of rotatable bonds is 8. The summed E-state index contributed by atoms with van der Waals surface area (Å²) in [7, 11) is 0. The third kappa shape index (κ3) is 5.18. The SMILES string of the molecule is O=C(COC(=O)c1ccc(OC[C@@H]2CCCO2)cc1)Nc1ccnn1C1CCCC1. The fraction of sp³-hybridized carbons (Fsp3) is 0.500. The minimum absolute atomic E-state index is 0.137. The van der Waals surface area contributed by atoms with E-state index >= 15 is 0 Å². The summed E-state index contributed by atoms with van der Waals surface area (Å²) in [5.41, 5.74) is 0.364. The quantitative estimate of drug-likeness (QED) is 0.668. The summed E-state index contributed by atoms with van der Waals surface area (Å²) < 4.78 is 18.2. The Hall–Kier alpha value is -2.87. The standard InChI is InChI=1S/C22H27N3O5/c26-21(24-20-11-12-23-25(20)17-4-1-2-5-17)15-30-22(27)16-7-9-18(10-8-16)29-14-19-6-3-13-28-19/h7-12,17,19H,1-6,13-15H2,(H,24,26)/t19-/m0/s1. The Kier molecular flexibility index (Phi) is 6.63. The predicted octanol–water partition coefficient (Wildman–Crippen LogP) is 3.35. The van der Waals surface area contributed by atoms with E-state index in [0.29, 0.717) is 29.8 Å². The summed E-state index contributed by atoms with van der Waals surface area (Å²) in [4.78, 5) is 24.4. The molecule has 0 spiro atoms. The highest BCUT2D eigenvalue weighted by molar-refractivity contribution is 5.95. The van der Waals surface area contributed by atoms with E-state index in [0.717, 1.165) is 32.3 Å². The monoisotopic (exact) mass is 413 g/mol. The molecule has 0 radical (unpaired) electrons. The number of benzene rings is 1. The molecular formula is C22H27N3O5. The second kappa shape index (κ2) is 9.75.